The molecule has 0 aliphatic carbocycles. The molecule has 0 spiro atoms. The van der Waals surface area contributed by atoms with Crippen molar-refractivity contribution < 1.29 is 9.53 Å². The zero-order valence-corrected chi connectivity index (χ0v) is 11.2. The molecule has 100 valence electrons. The lowest BCUT2D eigenvalue weighted by molar-refractivity contribution is 0.0983. The molecule has 0 saturated carbocycles. The van der Waals surface area contributed by atoms with Crippen LogP contribution in [0.5, 0.6) is 5.75 Å². The minimum Gasteiger partial charge on any atom is -0.488 e. The van der Waals surface area contributed by atoms with E-state index in [0.29, 0.717) is 29.0 Å². The molecule has 1 aromatic heterocycles. The van der Waals surface area contributed by atoms with E-state index in [9.17, 15) is 4.79 Å². The summed E-state index contributed by atoms with van der Waals surface area (Å²) in [6.45, 7) is 2.03. The number of ether oxygens (including phenoxy) is 1. The first kappa shape index (κ1) is 13.8. The molecule has 1 aromatic carbocycles. The van der Waals surface area contributed by atoms with Crippen LogP contribution in [0.2, 0.25) is 0 Å². The fourth-order valence-corrected chi connectivity index (χ4v) is 1.82. The van der Waals surface area contributed by atoms with Gasteiger partial charge in [0.15, 0.2) is 5.78 Å². The number of pyridine rings is 1. The van der Waals surface area contributed by atoms with E-state index in [4.69, 9.17) is 10.00 Å². The fourth-order valence-electron chi connectivity index (χ4n) is 1.82. The van der Waals surface area contributed by atoms with E-state index in [2.05, 4.69) is 4.98 Å². The summed E-state index contributed by atoms with van der Waals surface area (Å²) in [6.07, 6.45) is 1.99. The van der Waals surface area contributed by atoms with E-state index in [-0.39, 0.29) is 12.4 Å². The Labute approximate surface area is 117 Å². The van der Waals surface area contributed by atoms with Gasteiger partial charge in [0, 0.05) is 18.2 Å². The van der Waals surface area contributed by atoms with Crippen molar-refractivity contribution in [2.75, 3.05) is 0 Å². The Hall–Kier alpha value is -2.67. The highest BCUT2D eigenvalue weighted by atomic mass is 16.5. The second-order valence-electron chi connectivity index (χ2n) is 4.18. The lowest BCUT2D eigenvalue weighted by Crippen LogP contribution is -2.04. The van der Waals surface area contributed by atoms with Crippen molar-refractivity contribution in [1.29, 1.82) is 5.26 Å². The van der Waals surface area contributed by atoms with Crippen molar-refractivity contribution in [3.05, 3.63) is 59.4 Å². The van der Waals surface area contributed by atoms with Crippen LogP contribution < -0.4 is 4.74 Å². The van der Waals surface area contributed by atoms with E-state index in [1.165, 1.54) is 0 Å². The highest BCUT2D eigenvalue weighted by Crippen LogP contribution is 2.21. The minimum atomic E-state index is 0.0345. The van der Waals surface area contributed by atoms with Crippen LogP contribution in [0.25, 0.3) is 0 Å². The highest BCUT2D eigenvalue weighted by molar-refractivity contribution is 5.98. The van der Waals surface area contributed by atoms with Crippen LogP contribution in [0.3, 0.4) is 0 Å². The number of aromatic nitrogens is 1. The van der Waals surface area contributed by atoms with Crippen molar-refractivity contribution in [3.63, 3.8) is 0 Å². The van der Waals surface area contributed by atoms with Crippen LogP contribution in [-0.2, 0) is 6.61 Å². The number of rotatable bonds is 5. The van der Waals surface area contributed by atoms with Gasteiger partial charge in [0.05, 0.1) is 5.56 Å². The van der Waals surface area contributed by atoms with Gasteiger partial charge in [-0.2, -0.15) is 5.26 Å². The molecule has 0 aliphatic heterocycles. The quantitative estimate of drug-likeness (QED) is 0.780. The molecule has 0 atom stereocenters. The monoisotopic (exact) mass is 266 g/mol. The third kappa shape index (κ3) is 3.01. The van der Waals surface area contributed by atoms with Gasteiger partial charge in [0.25, 0.3) is 0 Å². The molecule has 0 saturated heterocycles. The predicted molar refractivity (Wildman–Crippen MR) is 74.3 cm³/mol. The van der Waals surface area contributed by atoms with E-state index in [0.717, 1.165) is 0 Å². The zero-order valence-electron chi connectivity index (χ0n) is 11.2. The Morgan fingerprint density at radius 1 is 1.30 bits per heavy atom. The Morgan fingerprint density at radius 3 is 2.85 bits per heavy atom. The topological polar surface area (TPSA) is 63.0 Å². The van der Waals surface area contributed by atoms with Crippen molar-refractivity contribution in [3.8, 4) is 11.8 Å². The zero-order chi connectivity index (χ0) is 14.4. The molecular formula is C16H14N2O2. The number of ketones is 1. The molecule has 0 bridgehead atoms. The normalized spacial score (nSPS) is 9.80. The lowest BCUT2D eigenvalue weighted by Gasteiger charge is -2.10. The molecule has 0 fully saturated rings. The summed E-state index contributed by atoms with van der Waals surface area (Å²) >= 11 is 0. The van der Waals surface area contributed by atoms with E-state index in [1.807, 2.05) is 19.1 Å². The van der Waals surface area contributed by atoms with Crippen molar-refractivity contribution in [2.24, 2.45) is 0 Å². The number of hydrogen-bond acceptors (Lipinski definition) is 4. The summed E-state index contributed by atoms with van der Waals surface area (Å²) in [5.74, 6) is 0.569. The smallest absolute Gasteiger partial charge is 0.166 e. The molecule has 1 heterocycles. The van der Waals surface area contributed by atoms with E-state index in [1.54, 1.807) is 36.5 Å². The molecular weight excluding hydrogens is 252 g/mol. The number of para-hydroxylation sites is 1. The molecule has 0 radical (unpaired) electrons. The summed E-state index contributed by atoms with van der Waals surface area (Å²) in [7, 11) is 0. The van der Waals surface area contributed by atoms with E-state index >= 15 is 0 Å². The molecule has 0 N–H and O–H groups in total. The summed E-state index contributed by atoms with van der Waals surface area (Å²) in [5.41, 5.74) is 1.61. The molecule has 2 rings (SSSR count). The molecule has 20 heavy (non-hydrogen) atoms. The highest BCUT2D eigenvalue weighted by Gasteiger charge is 2.11. The molecule has 4 heteroatoms. The maximum Gasteiger partial charge on any atom is 0.166 e. The summed E-state index contributed by atoms with van der Waals surface area (Å²) in [4.78, 5) is 15.8. The third-order valence-electron chi connectivity index (χ3n) is 2.89. The first-order valence-electron chi connectivity index (χ1n) is 6.35. The van der Waals surface area contributed by atoms with Gasteiger partial charge < -0.3 is 4.74 Å². The number of hydrogen-bond donors (Lipinski definition) is 0. The van der Waals surface area contributed by atoms with Crippen molar-refractivity contribution in [2.45, 2.75) is 20.0 Å². The van der Waals surface area contributed by atoms with Crippen molar-refractivity contribution >= 4 is 5.78 Å². The second kappa shape index (κ2) is 6.48. The summed E-state index contributed by atoms with van der Waals surface area (Å²) in [6, 6.07) is 12.7. The number of nitriles is 1. The standard InChI is InChI=1S/C16H14N2O2/c1-2-15(19)13-7-3-4-8-16(13)20-11-12-6-5-9-18-14(12)10-17/h3-9H,2,11H2,1H3. The number of nitrogens with zero attached hydrogens (tertiary/aromatic N) is 2. The Balaban J connectivity index is 2.20. The summed E-state index contributed by atoms with van der Waals surface area (Å²) < 4.78 is 5.68. The molecule has 2 aromatic rings. The number of carbonyl (C=O) groups excluding carboxylic acids is 1. The van der Waals surface area contributed by atoms with Gasteiger partial charge in [-0.05, 0) is 18.2 Å². The number of Topliss-reactive ketones (excluding diaryl/α,β-unsaturated/α-hetero) is 1. The van der Waals surface area contributed by atoms with Gasteiger partial charge in [-0.15, -0.1) is 0 Å². The van der Waals surface area contributed by atoms with Crippen LogP contribution in [0.4, 0.5) is 0 Å². The third-order valence-corrected chi connectivity index (χ3v) is 2.89. The van der Waals surface area contributed by atoms with Gasteiger partial charge in [0.1, 0.15) is 24.1 Å². The lowest BCUT2D eigenvalue weighted by atomic mass is 10.1. The van der Waals surface area contributed by atoms with Gasteiger partial charge in [-0.25, -0.2) is 4.98 Å². The van der Waals surface area contributed by atoms with Crippen molar-refractivity contribution in [1.82, 2.24) is 4.98 Å². The molecule has 0 unspecified atom stereocenters. The Morgan fingerprint density at radius 2 is 2.10 bits per heavy atom. The molecule has 0 aliphatic rings. The SMILES string of the molecule is CCC(=O)c1ccccc1OCc1cccnc1C#N. The average molecular weight is 266 g/mol. The fraction of sp³-hybridized carbons (Fsp3) is 0.188. The average Bonchev–Trinajstić information content (AvgIpc) is 2.52. The number of benzene rings is 1. The van der Waals surface area contributed by atoms with Crippen LogP contribution in [-0.4, -0.2) is 10.8 Å². The first-order chi connectivity index (χ1) is 9.76. The van der Waals surface area contributed by atoms with Gasteiger partial charge in [-0.3, -0.25) is 4.79 Å². The van der Waals surface area contributed by atoms with Crippen LogP contribution in [0.15, 0.2) is 42.6 Å². The van der Waals surface area contributed by atoms with Crippen LogP contribution >= 0.6 is 0 Å². The Bertz CT molecular complexity index is 660. The largest absolute Gasteiger partial charge is 0.488 e. The van der Waals surface area contributed by atoms with Gasteiger partial charge in [-0.1, -0.05) is 25.1 Å². The molecule has 0 amide bonds. The minimum absolute atomic E-state index is 0.0345. The predicted octanol–water partition coefficient (Wildman–Crippen LogP) is 3.12. The van der Waals surface area contributed by atoms with Gasteiger partial charge >= 0.3 is 0 Å². The maximum atomic E-state index is 11.8. The van der Waals surface area contributed by atoms with E-state index < -0.39 is 0 Å². The summed E-state index contributed by atoms with van der Waals surface area (Å²) in [5, 5.41) is 8.97. The second-order valence-corrected chi connectivity index (χ2v) is 4.18. The first-order valence-corrected chi connectivity index (χ1v) is 6.35. The van der Waals surface area contributed by atoms with Gasteiger partial charge in [0.2, 0.25) is 0 Å². The molecule has 4 nitrogen and oxygen atoms in total. The van der Waals surface area contributed by atoms with Crippen LogP contribution in [0, 0.1) is 11.3 Å². The Kier molecular flexibility index (Phi) is 4.46. The van der Waals surface area contributed by atoms with Crippen LogP contribution in [0.1, 0.15) is 35.0 Å². The number of carbonyl (C=O) groups is 1. The maximum absolute atomic E-state index is 11.8.